The van der Waals surface area contributed by atoms with Crippen LogP contribution in [0.2, 0.25) is 5.28 Å². The zero-order valence-electron chi connectivity index (χ0n) is 11.4. The first-order chi connectivity index (χ1) is 9.76. The standard InChI is InChI=1S/C13H17ClN6/c1-2-6-19(8-10-3-4-10)12-16-11(14)17-13(18-12)20-7-5-15-9-20/h5,7,9-10H,2-4,6,8H2,1H3. The highest BCUT2D eigenvalue weighted by Crippen LogP contribution is 2.31. The summed E-state index contributed by atoms with van der Waals surface area (Å²) in [6.07, 6.45) is 8.78. The van der Waals surface area contributed by atoms with E-state index in [-0.39, 0.29) is 5.28 Å². The van der Waals surface area contributed by atoms with Crippen molar-refractivity contribution in [3.05, 3.63) is 24.0 Å². The van der Waals surface area contributed by atoms with Crippen LogP contribution in [0.25, 0.3) is 5.95 Å². The van der Waals surface area contributed by atoms with Gasteiger partial charge in [-0.3, -0.25) is 4.57 Å². The second-order valence-electron chi connectivity index (χ2n) is 5.06. The van der Waals surface area contributed by atoms with Crippen LogP contribution in [0, 0.1) is 5.92 Å². The number of imidazole rings is 1. The van der Waals surface area contributed by atoms with Crippen LogP contribution in [0.5, 0.6) is 0 Å². The van der Waals surface area contributed by atoms with Gasteiger partial charge >= 0.3 is 0 Å². The van der Waals surface area contributed by atoms with Crippen molar-refractivity contribution in [1.29, 1.82) is 0 Å². The maximum atomic E-state index is 6.04. The Morgan fingerprint density at radius 1 is 1.35 bits per heavy atom. The summed E-state index contributed by atoms with van der Waals surface area (Å²) in [5, 5.41) is 0.218. The Kier molecular flexibility index (Phi) is 3.82. The molecule has 1 aliphatic rings. The summed E-state index contributed by atoms with van der Waals surface area (Å²) in [4.78, 5) is 19.2. The van der Waals surface area contributed by atoms with E-state index < -0.39 is 0 Å². The molecule has 0 aliphatic heterocycles. The topological polar surface area (TPSA) is 59.7 Å². The molecule has 0 saturated heterocycles. The van der Waals surface area contributed by atoms with Gasteiger partial charge in [0.1, 0.15) is 6.33 Å². The molecule has 20 heavy (non-hydrogen) atoms. The maximum absolute atomic E-state index is 6.04. The van der Waals surface area contributed by atoms with Crippen molar-refractivity contribution in [2.45, 2.75) is 26.2 Å². The second kappa shape index (κ2) is 5.75. The van der Waals surface area contributed by atoms with Gasteiger partial charge in [-0.2, -0.15) is 15.0 Å². The highest BCUT2D eigenvalue weighted by molar-refractivity contribution is 6.28. The molecule has 2 aromatic rings. The van der Waals surface area contributed by atoms with Crippen molar-refractivity contribution in [3.8, 4) is 5.95 Å². The zero-order chi connectivity index (χ0) is 13.9. The van der Waals surface area contributed by atoms with Crippen molar-refractivity contribution in [3.63, 3.8) is 0 Å². The van der Waals surface area contributed by atoms with Crippen molar-refractivity contribution in [1.82, 2.24) is 24.5 Å². The highest BCUT2D eigenvalue weighted by Gasteiger charge is 2.25. The first-order valence-corrected chi connectivity index (χ1v) is 7.29. The monoisotopic (exact) mass is 292 g/mol. The average molecular weight is 293 g/mol. The summed E-state index contributed by atoms with van der Waals surface area (Å²) in [5.41, 5.74) is 0. The van der Waals surface area contributed by atoms with Crippen molar-refractivity contribution in [2.24, 2.45) is 5.92 Å². The van der Waals surface area contributed by atoms with E-state index in [4.69, 9.17) is 11.6 Å². The van der Waals surface area contributed by atoms with E-state index in [2.05, 4.69) is 31.8 Å². The van der Waals surface area contributed by atoms with Crippen LogP contribution >= 0.6 is 11.6 Å². The minimum atomic E-state index is 0.218. The molecule has 0 aromatic carbocycles. The van der Waals surface area contributed by atoms with Gasteiger partial charge in [-0.15, -0.1) is 0 Å². The molecule has 0 N–H and O–H groups in total. The van der Waals surface area contributed by atoms with Gasteiger partial charge in [0.2, 0.25) is 17.2 Å². The molecule has 0 amide bonds. The zero-order valence-corrected chi connectivity index (χ0v) is 12.2. The van der Waals surface area contributed by atoms with Crippen LogP contribution in [-0.2, 0) is 0 Å². The Balaban J connectivity index is 1.90. The number of halogens is 1. The van der Waals surface area contributed by atoms with E-state index >= 15 is 0 Å². The van der Waals surface area contributed by atoms with E-state index in [0.29, 0.717) is 11.9 Å². The fourth-order valence-electron chi connectivity index (χ4n) is 2.12. The third kappa shape index (κ3) is 3.07. The molecule has 1 fully saturated rings. The van der Waals surface area contributed by atoms with Gasteiger partial charge < -0.3 is 4.90 Å². The predicted octanol–water partition coefficient (Wildman–Crippen LogP) is 2.34. The maximum Gasteiger partial charge on any atom is 0.241 e. The van der Waals surface area contributed by atoms with Gasteiger partial charge in [-0.1, -0.05) is 6.92 Å². The number of hydrogen-bond donors (Lipinski definition) is 0. The van der Waals surface area contributed by atoms with Crippen LogP contribution in [0.15, 0.2) is 18.7 Å². The summed E-state index contributed by atoms with van der Waals surface area (Å²) in [6, 6.07) is 0. The molecule has 3 rings (SSSR count). The van der Waals surface area contributed by atoms with Gasteiger partial charge in [-0.05, 0) is 36.8 Å². The Morgan fingerprint density at radius 2 is 2.20 bits per heavy atom. The van der Waals surface area contributed by atoms with Gasteiger partial charge in [-0.25, -0.2) is 4.98 Å². The molecule has 0 unspecified atom stereocenters. The first-order valence-electron chi connectivity index (χ1n) is 6.91. The van der Waals surface area contributed by atoms with Crippen LogP contribution in [0.1, 0.15) is 26.2 Å². The number of aromatic nitrogens is 5. The lowest BCUT2D eigenvalue weighted by atomic mass is 10.3. The number of hydrogen-bond acceptors (Lipinski definition) is 5. The molecule has 0 bridgehead atoms. The lowest BCUT2D eigenvalue weighted by Crippen LogP contribution is -2.29. The van der Waals surface area contributed by atoms with E-state index in [1.54, 1.807) is 23.3 Å². The normalized spacial score (nSPS) is 14.5. The summed E-state index contributed by atoms with van der Waals surface area (Å²) in [7, 11) is 0. The van der Waals surface area contributed by atoms with Crippen LogP contribution < -0.4 is 4.90 Å². The Bertz CT molecular complexity index is 566. The Hall–Kier alpha value is -1.69. The molecular formula is C13H17ClN6. The summed E-state index contributed by atoms with van der Waals surface area (Å²) in [6.45, 7) is 4.08. The van der Waals surface area contributed by atoms with E-state index in [1.807, 2.05) is 0 Å². The number of anilines is 1. The van der Waals surface area contributed by atoms with Crippen molar-refractivity contribution in [2.75, 3.05) is 18.0 Å². The Morgan fingerprint density at radius 3 is 2.85 bits per heavy atom. The second-order valence-corrected chi connectivity index (χ2v) is 5.40. The highest BCUT2D eigenvalue weighted by atomic mass is 35.5. The molecule has 2 aromatic heterocycles. The molecule has 0 spiro atoms. The lowest BCUT2D eigenvalue weighted by molar-refractivity contribution is 0.682. The van der Waals surface area contributed by atoms with Gasteiger partial charge in [0.15, 0.2) is 0 Å². The fraction of sp³-hybridized carbons (Fsp3) is 0.538. The van der Waals surface area contributed by atoms with Crippen molar-refractivity contribution < 1.29 is 0 Å². The average Bonchev–Trinajstić information content (AvgIpc) is 3.08. The van der Waals surface area contributed by atoms with E-state index in [9.17, 15) is 0 Å². The molecule has 7 heteroatoms. The Labute approximate surface area is 122 Å². The predicted molar refractivity (Wildman–Crippen MR) is 77.2 cm³/mol. The molecule has 6 nitrogen and oxygen atoms in total. The minimum Gasteiger partial charge on any atom is -0.340 e. The summed E-state index contributed by atoms with van der Waals surface area (Å²) >= 11 is 6.04. The third-order valence-corrected chi connectivity index (χ3v) is 3.44. The SMILES string of the molecule is CCCN(CC1CC1)c1nc(Cl)nc(-n2ccnc2)n1. The fourth-order valence-corrected chi connectivity index (χ4v) is 2.27. The summed E-state index contributed by atoms with van der Waals surface area (Å²) < 4.78 is 1.73. The molecule has 106 valence electrons. The third-order valence-electron chi connectivity index (χ3n) is 3.27. The number of nitrogens with zero attached hydrogens (tertiary/aromatic N) is 6. The minimum absolute atomic E-state index is 0.218. The van der Waals surface area contributed by atoms with Crippen LogP contribution in [0.3, 0.4) is 0 Å². The van der Waals surface area contributed by atoms with Gasteiger partial charge in [0.05, 0.1) is 0 Å². The van der Waals surface area contributed by atoms with E-state index in [1.165, 1.54) is 12.8 Å². The van der Waals surface area contributed by atoms with Crippen LogP contribution in [-0.4, -0.2) is 37.6 Å². The molecule has 0 atom stereocenters. The first kappa shape index (κ1) is 13.3. The molecule has 2 heterocycles. The van der Waals surface area contributed by atoms with Gasteiger partial charge in [0, 0.05) is 25.5 Å². The van der Waals surface area contributed by atoms with E-state index in [0.717, 1.165) is 25.4 Å². The number of rotatable bonds is 6. The molecule has 1 aliphatic carbocycles. The largest absolute Gasteiger partial charge is 0.340 e. The smallest absolute Gasteiger partial charge is 0.241 e. The molecule has 1 saturated carbocycles. The quantitative estimate of drug-likeness (QED) is 0.818. The summed E-state index contributed by atoms with van der Waals surface area (Å²) in [5.74, 6) is 1.94. The van der Waals surface area contributed by atoms with Crippen molar-refractivity contribution >= 4 is 17.5 Å². The molecule has 0 radical (unpaired) electrons. The lowest BCUT2D eigenvalue weighted by Gasteiger charge is -2.22. The molecular weight excluding hydrogens is 276 g/mol. The van der Waals surface area contributed by atoms with Gasteiger partial charge in [0.25, 0.3) is 0 Å². The van der Waals surface area contributed by atoms with Crippen LogP contribution in [0.4, 0.5) is 5.95 Å².